The van der Waals surface area contributed by atoms with Crippen LogP contribution in [0.5, 0.6) is 0 Å². The topological polar surface area (TPSA) is 74.6 Å². The van der Waals surface area contributed by atoms with E-state index in [1.54, 1.807) is 0 Å². The fourth-order valence-electron chi connectivity index (χ4n) is 0. The summed E-state index contributed by atoms with van der Waals surface area (Å²) in [6.45, 7) is 0. The average molecular weight is 255 g/mol. The molecular weight excluding hydrogens is 253 g/mol. The molecule has 2 N–H and O–H groups in total. The molecule has 0 heterocycles. The van der Waals surface area contributed by atoms with E-state index in [4.69, 9.17) is 15.9 Å². The zero-order valence-electron chi connectivity index (χ0n) is 2.83. The third-order valence-corrected chi connectivity index (χ3v) is 0. The second-order valence-corrected chi connectivity index (χ2v) is 1.85. The van der Waals surface area contributed by atoms with Gasteiger partial charge in [-0.05, 0) is 0 Å². The Labute approximate surface area is 77.0 Å². The Morgan fingerprint density at radius 2 is 1.17 bits per heavy atom. The SMILES string of the molecule is [Ba].[O]=[Cr](=[O])([OH])[OH]. The molecule has 0 aliphatic heterocycles. The van der Waals surface area contributed by atoms with Gasteiger partial charge in [0.15, 0.2) is 0 Å². The van der Waals surface area contributed by atoms with Gasteiger partial charge in [0.05, 0.1) is 0 Å². The van der Waals surface area contributed by atoms with Crippen LogP contribution in [0.15, 0.2) is 0 Å². The summed E-state index contributed by atoms with van der Waals surface area (Å²) in [6.07, 6.45) is 0. The standard InChI is InChI=1S/Ba.Cr.2H2O.2O/h;;2*1H2;;/q;+2;;;;/p-2. The van der Waals surface area contributed by atoms with Gasteiger partial charge >= 0.3 is 29.5 Å². The first-order valence-corrected chi connectivity index (χ1v) is 2.88. The number of hydrogen-bond acceptors (Lipinski definition) is 2. The van der Waals surface area contributed by atoms with Crippen LogP contribution in [0.4, 0.5) is 0 Å². The third-order valence-electron chi connectivity index (χ3n) is 0. The van der Waals surface area contributed by atoms with Crippen molar-refractivity contribution >= 4 is 48.9 Å². The zero-order chi connectivity index (χ0) is 4.50. The Balaban J connectivity index is 0. The van der Waals surface area contributed by atoms with Crippen molar-refractivity contribution in [2.75, 3.05) is 0 Å². The molecule has 0 aliphatic carbocycles. The second kappa shape index (κ2) is 3.60. The van der Waals surface area contributed by atoms with E-state index in [2.05, 4.69) is 0 Å². The summed E-state index contributed by atoms with van der Waals surface area (Å²) in [5, 5.41) is 0. The van der Waals surface area contributed by atoms with Crippen molar-refractivity contribution in [2.24, 2.45) is 0 Å². The monoisotopic (exact) mass is 256 g/mol. The molecule has 0 bridgehead atoms. The first-order valence-electron chi connectivity index (χ1n) is 0.698. The van der Waals surface area contributed by atoms with Crippen LogP contribution < -0.4 is 0 Å². The van der Waals surface area contributed by atoms with Crippen LogP contribution in [-0.2, 0) is 21.2 Å². The van der Waals surface area contributed by atoms with Crippen molar-refractivity contribution in [3.8, 4) is 0 Å². The van der Waals surface area contributed by atoms with Gasteiger partial charge in [0, 0.05) is 48.9 Å². The molecule has 0 aromatic carbocycles. The summed E-state index contributed by atoms with van der Waals surface area (Å²) in [6, 6.07) is 0. The third kappa shape index (κ3) is 45.6. The molecule has 0 aromatic rings. The first-order chi connectivity index (χ1) is 2.00. The molecule has 6 heteroatoms. The molecule has 0 aromatic heterocycles. The molecule has 0 fully saturated rings. The van der Waals surface area contributed by atoms with Crippen molar-refractivity contribution < 1.29 is 29.5 Å². The Hall–Kier alpha value is 1.62. The molecule has 0 saturated carbocycles. The van der Waals surface area contributed by atoms with Crippen molar-refractivity contribution in [1.29, 1.82) is 0 Å². The van der Waals surface area contributed by atoms with Gasteiger partial charge in [0.1, 0.15) is 0 Å². The van der Waals surface area contributed by atoms with E-state index in [1.807, 2.05) is 0 Å². The van der Waals surface area contributed by atoms with Crippen molar-refractivity contribution in [3.63, 3.8) is 0 Å². The summed E-state index contributed by atoms with van der Waals surface area (Å²) in [4.78, 5) is 0. The van der Waals surface area contributed by atoms with E-state index in [1.165, 1.54) is 0 Å². The van der Waals surface area contributed by atoms with E-state index < -0.39 is 13.6 Å². The summed E-state index contributed by atoms with van der Waals surface area (Å²) in [5.74, 6) is 0. The van der Waals surface area contributed by atoms with Crippen LogP contribution in [0, 0.1) is 0 Å². The minimum atomic E-state index is -5.25. The molecule has 0 aliphatic rings. The van der Waals surface area contributed by atoms with Gasteiger partial charge in [-0.15, -0.1) is 0 Å². The van der Waals surface area contributed by atoms with Gasteiger partial charge in [-0.25, -0.2) is 0 Å². The van der Waals surface area contributed by atoms with E-state index in [0.29, 0.717) is 0 Å². The molecule has 0 saturated heterocycles. The fraction of sp³-hybridized carbons (Fsp3) is 0. The Kier molecular flexibility index (Phi) is 6.35. The van der Waals surface area contributed by atoms with E-state index in [9.17, 15) is 0 Å². The average Bonchev–Trinajstić information content (AvgIpc) is 0.722. The number of rotatable bonds is 0. The maximum atomic E-state index is 8.82. The van der Waals surface area contributed by atoms with Gasteiger partial charge in [-0.2, -0.15) is 0 Å². The Morgan fingerprint density at radius 1 is 1.17 bits per heavy atom. The van der Waals surface area contributed by atoms with Crippen molar-refractivity contribution in [1.82, 2.24) is 0 Å². The minimum absolute atomic E-state index is 0. The molecule has 4 nitrogen and oxygen atoms in total. The van der Waals surface area contributed by atoms with Crippen LogP contribution in [0.1, 0.15) is 0 Å². The van der Waals surface area contributed by atoms with Crippen LogP contribution in [0.3, 0.4) is 0 Å². The van der Waals surface area contributed by atoms with Crippen LogP contribution >= 0.6 is 0 Å². The van der Waals surface area contributed by atoms with Crippen molar-refractivity contribution in [2.45, 2.75) is 0 Å². The fourth-order valence-corrected chi connectivity index (χ4v) is 0. The van der Waals surface area contributed by atoms with Crippen LogP contribution in [0.2, 0.25) is 0 Å². The second-order valence-electron chi connectivity index (χ2n) is 0.448. The Morgan fingerprint density at radius 3 is 1.17 bits per heavy atom. The molecule has 0 atom stereocenters. The van der Waals surface area contributed by atoms with Gasteiger partial charge < -0.3 is 0 Å². The Bertz CT molecular complexity index is 90.7. The molecular formula is H2BaCrO4. The molecule has 6 heavy (non-hydrogen) atoms. The van der Waals surface area contributed by atoms with Crippen molar-refractivity contribution in [3.05, 3.63) is 0 Å². The summed E-state index contributed by atoms with van der Waals surface area (Å²) >= 11 is -5.25. The van der Waals surface area contributed by atoms with E-state index in [-0.39, 0.29) is 48.9 Å². The van der Waals surface area contributed by atoms with Crippen LogP contribution in [-0.4, -0.2) is 57.2 Å². The van der Waals surface area contributed by atoms with Gasteiger partial charge in [-0.1, -0.05) is 0 Å². The quantitative estimate of drug-likeness (QED) is 0.504. The summed E-state index contributed by atoms with van der Waals surface area (Å²) < 4.78 is 31.9. The molecule has 0 rings (SSSR count). The molecule has 2 radical (unpaired) electrons. The summed E-state index contributed by atoms with van der Waals surface area (Å²) in [7, 11) is 0. The van der Waals surface area contributed by atoms with Gasteiger partial charge in [0.2, 0.25) is 0 Å². The van der Waals surface area contributed by atoms with E-state index >= 15 is 0 Å². The maximum absolute atomic E-state index is 8.82. The van der Waals surface area contributed by atoms with Gasteiger partial charge in [0.25, 0.3) is 0 Å². The predicted octanol–water partition coefficient (Wildman–Crippen LogP) is -1.73. The van der Waals surface area contributed by atoms with Crippen LogP contribution in [0.25, 0.3) is 0 Å². The predicted molar refractivity (Wildman–Crippen MR) is 11.6 cm³/mol. The molecule has 0 unspecified atom stereocenters. The molecule has 0 amide bonds. The zero-order valence-corrected chi connectivity index (χ0v) is 8.54. The first kappa shape index (κ1) is 10.6. The van der Waals surface area contributed by atoms with E-state index in [0.717, 1.165) is 0 Å². The summed E-state index contributed by atoms with van der Waals surface area (Å²) in [5.41, 5.74) is 0. The molecule has 34 valence electrons. The van der Waals surface area contributed by atoms with Gasteiger partial charge in [-0.3, -0.25) is 0 Å². The molecule has 0 spiro atoms. The number of hydrogen-bond donors (Lipinski definition) is 2. The normalized spacial score (nSPS) is 9.67.